The summed E-state index contributed by atoms with van der Waals surface area (Å²) in [5.41, 5.74) is 0.704. The summed E-state index contributed by atoms with van der Waals surface area (Å²) in [5, 5.41) is 0. The summed E-state index contributed by atoms with van der Waals surface area (Å²) in [6.45, 7) is 2.57. The van der Waals surface area contributed by atoms with E-state index in [1.54, 1.807) is 6.92 Å². The van der Waals surface area contributed by atoms with Crippen LogP contribution < -0.4 is 0 Å². The predicted octanol–water partition coefficient (Wildman–Crippen LogP) is 1.04. The Hall–Kier alpha value is -0.830. The van der Waals surface area contributed by atoms with Crippen LogP contribution in [-0.2, 0) is 14.3 Å². The second-order valence-corrected chi connectivity index (χ2v) is 3.27. The highest BCUT2D eigenvalue weighted by molar-refractivity contribution is 5.90. The van der Waals surface area contributed by atoms with E-state index in [4.69, 9.17) is 9.47 Å². The van der Waals surface area contributed by atoms with Gasteiger partial charge in [0.15, 0.2) is 0 Å². The molecule has 0 aliphatic carbocycles. The van der Waals surface area contributed by atoms with E-state index in [9.17, 15) is 4.79 Å². The Labute approximate surface area is 71.3 Å². The summed E-state index contributed by atoms with van der Waals surface area (Å²) in [6, 6.07) is 0. The molecule has 2 rings (SSSR count). The molecule has 0 saturated carbocycles. The third kappa shape index (κ3) is 1.25. The van der Waals surface area contributed by atoms with E-state index in [2.05, 4.69) is 0 Å². The standard InChI is InChI=1S/C9H12O3/c1-6-5-8(12-9(6)10)7-3-2-4-11-7/h5,7-8H,2-4H2,1H3/t7-,8+/m1/s1. The van der Waals surface area contributed by atoms with Gasteiger partial charge in [-0.15, -0.1) is 0 Å². The van der Waals surface area contributed by atoms with E-state index in [0.717, 1.165) is 19.4 Å². The van der Waals surface area contributed by atoms with E-state index in [1.807, 2.05) is 6.08 Å². The monoisotopic (exact) mass is 168 g/mol. The SMILES string of the molecule is CC1=C[C@@H]([C@H]2CCCO2)OC1=O. The van der Waals surface area contributed by atoms with E-state index in [1.165, 1.54) is 0 Å². The van der Waals surface area contributed by atoms with Crippen LogP contribution in [0.3, 0.4) is 0 Å². The molecule has 0 spiro atoms. The minimum atomic E-state index is -0.199. The first-order chi connectivity index (χ1) is 5.77. The van der Waals surface area contributed by atoms with Crippen LogP contribution >= 0.6 is 0 Å². The Morgan fingerprint density at radius 2 is 2.42 bits per heavy atom. The van der Waals surface area contributed by atoms with Gasteiger partial charge in [0.1, 0.15) is 6.10 Å². The topological polar surface area (TPSA) is 35.5 Å². The van der Waals surface area contributed by atoms with Crippen molar-refractivity contribution in [1.82, 2.24) is 0 Å². The largest absolute Gasteiger partial charge is 0.452 e. The molecule has 0 aromatic carbocycles. The maximum Gasteiger partial charge on any atom is 0.334 e. The molecule has 3 heteroatoms. The zero-order chi connectivity index (χ0) is 8.55. The first kappa shape index (κ1) is 7.80. The zero-order valence-corrected chi connectivity index (χ0v) is 7.08. The third-order valence-corrected chi connectivity index (χ3v) is 2.31. The molecule has 2 aliphatic rings. The third-order valence-electron chi connectivity index (χ3n) is 2.31. The van der Waals surface area contributed by atoms with Crippen molar-refractivity contribution in [2.24, 2.45) is 0 Å². The number of ether oxygens (including phenoxy) is 2. The Bertz CT molecular complexity index is 226. The molecule has 0 bridgehead atoms. The first-order valence-electron chi connectivity index (χ1n) is 4.28. The van der Waals surface area contributed by atoms with Gasteiger partial charge in [-0.1, -0.05) is 0 Å². The lowest BCUT2D eigenvalue weighted by atomic mass is 10.1. The average Bonchev–Trinajstić information content (AvgIpc) is 2.61. The van der Waals surface area contributed by atoms with Crippen molar-refractivity contribution in [3.63, 3.8) is 0 Å². The van der Waals surface area contributed by atoms with Gasteiger partial charge < -0.3 is 9.47 Å². The highest BCUT2D eigenvalue weighted by Gasteiger charge is 2.32. The van der Waals surface area contributed by atoms with Gasteiger partial charge in [-0.05, 0) is 25.8 Å². The van der Waals surface area contributed by atoms with Crippen LogP contribution in [0.5, 0.6) is 0 Å². The van der Waals surface area contributed by atoms with Gasteiger partial charge >= 0.3 is 5.97 Å². The molecule has 0 aromatic heterocycles. The summed E-state index contributed by atoms with van der Waals surface area (Å²) in [4.78, 5) is 11.0. The first-order valence-corrected chi connectivity index (χ1v) is 4.28. The van der Waals surface area contributed by atoms with Crippen molar-refractivity contribution in [3.05, 3.63) is 11.6 Å². The maximum absolute atomic E-state index is 11.0. The number of hydrogen-bond acceptors (Lipinski definition) is 3. The van der Waals surface area contributed by atoms with Gasteiger partial charge in [-0.2, -0.15) is 0 Å². The number of carbonyl (C=O) groups is 1. The smallest absolute Gasteiger partial charge is 0.334 e. The minimum Gasteiger partial charge on any atom is -0.452 e. The Balaban J connectivity index is 2.02. The maximum atomic E-state index is 11.0. The molecule has 0 N–H and O–H groups in total. The van der Waals surface area contributed by atoms with Gasteiger partial charge in [0.05, 0.1) is 6.10 Å². The molecule has 2 heterocycles. The number of esters is 1. The fourth-order valence-electron chi connectivity index (χ4n) is 1.61. The molecule has 0 radical (unpaired) electrons. The number of rotatable bonds is 1. The lowest BCUT2D eigenvalue weighted by Crippen LogP contribution is -2.24. The van der Waals surface area contributed by atoms with Crippen molar-refractivity contribution in [2.75, 3.05) is 6.61 Å². The van der Waals surface area contributed by atoms with Crippen LogP contribution in [0.15, 0.2) is 11.6 Å². The molecule has 1 saturated heterocycles. The number of carbonyl (C=O) groups excluding carboxylic acids is 1. The summed E-state index contributed by atoms with van der Waals surface area (Å²) in [5.74, 6) is -0.199. The van der Waals surface area contributed by atoms with Crippen LogP contribution in [0.2, 0.25) is 0 Å². The van der Waals surface area contributed by atoms with Crippen molar-refractivity contribution < 1.29 is 14.3 Å². The average molecular weight is 168 g/mol. The molecule has 12 heavy (non-hydrogen) atoms. The van der Waals surface area contributed by atoms with Crippen LogP contribution in [0, 0.1) is 0 Å². The van der Waals surface area contributed by atoms with Crippen LogP contribution in [0.1, 0.15) is 19.8 Å². The second-order valence-electron chi connectivity index (χ2n) is 3.27. The summed E-state index contributed by atoms with van der Waals surface area (Å²) in [7, 11) is 0. The fourth-order valence-corrected chi connectivity index (χ4v) is 1.61. The Kier molecular flexibility index (Phi) is 1.89. The molecule has 0 aromatic rings. The lowest BCUT2D eigenvalue weighted by molar-refractivity contribution is -0.143. The van der Waals surface area contributed by atoms with Gasteiger partial charge in [0.2, 0.25) is 0 Å². The Morgan fingerprint density at radius 3 is 2.92 bits per heavy atom. The normalized spacial score (nSPS) is 35.1. The number of hydrogen-bond donors (Lipinski definition) is 0. The van der Waals surface area contributed by atoms with Crippen LogP contribution in [0.4, 0.5) is 0 Å². The molecule has 3 nitrogen and oxygen atoms in total. The minimum absolute atomic E-state index is 0.103. The second kappa shape index (κ2) is 2.90. The highest BCUT2D eigenvalue weighted by Crippen LogP contribution is 2.24. The predicted molar refractivity (Wildman–Crippen MR) is 42.6 cm³/mol. The van der Waals surface area contributed by atoms with E-state index in [-0.39, 0.29) is 18.2 Å². The molecule has 1 fully saturated rings. The quantitative estimate of drug-likeness (QED) is 0.549. The van der Waals surface area contributed by atoms with Gasteiger partial charge in [0.25, 0.3) is 0 Å². The molecule has 0 unspecified atom stereocenters. The van der Waals surface area contributed by atoms with Crippen molar-refractivity contribution in [1.29, 1.82) is 0 Å². The molecule has 0 amide bonds. The van der Waals surface area contributed by atoms with Crippen LogP contribution in [0.25, 0.3) is 0 Å². The lowest BCUT2D eigenvalue weighted by Gasteiger charge is -2.14. The molecular weight excluding hydrogens is 156 g/mol. The van der Waals surface area contributed by atoms with Crippen molar-refractivity contribution in [2.45, 2.75) is 32.0 Å². The number of cyclic esters (lactones) is 1. The van der Waals surface area contributed by atoms with E-state index >= 15 is 0 Å². The van der Waals surface area contributed by atoms with Crippen LogP contribution in [-0.4, -0.2) is 24.8 Å². The molecule has 2 atom stereocenters. The van der Waals surface area contributed by atoms with Gasteiger partial charge in [-0.3, -0.25) is 0 Å². The van der Waals surface area contributed by atoms with E-state index in [0.29, 0.717) is 5.57 Å². The van der Waals surface area contributed by atoms with Gasteiger partial charge in [-0.25, -0.2) is 4.79 Å². The van der Waals surface area contributed by atoms with Crippen molar-refractivity contribution >= 4 is 5.97 Å². The highest BCUT2D eigenvalue weighted by atomic mass is 16.6. The van der Waals surface area contributed by atoms with Gasteiger partial charge in [0, 0.05) is 12.2 Å². The summed E-state index contributed by atoms with van der Waals surface area (Å²) < 4.78 is 10.5. The molecule has 66 valence electrons. The molecule has 2 aliphatic heterocycles. The van der Waals surface area contributed by atoms with Crippen molar-refractivity contribution in [3.8, 4) is 0 Å². The summed E-state index contributed by atoms with van der Waals surface area (Å²) >= 11 is 0. The van der Waals surface area contributed by atoms with E-state index < -0.39 is 0 Å². The molecular formula is C9H12O3. The fraction of sp³-hybridized carbons (Fsp3) is 0.667. The summed E-state index contributed by atoms with van der Waals surface area (Å²) in [6.07, 6.45) is 3.91. The zero-order valence-electron chi connectivity index (χ0n) is 7.08. The Morgan fingerprint density at radius 1 is 1.58 bits per heavy atom.